The molecular weight excluding hydrogens is 468 g/mol. The molecule has 0 radical (unpaired) electrons. The fourth-order valence-electron chi connectivity index (χ4n) is 5.59. The molecule has 3 aromatic carbocycles. The van der Waals surface area contributed by atoms with Crippen LogP contribution in [0.3, 0.4) is 0 Å². The fraction of sp³-hybridized carbons (Fsp3) is 0.387. The Morgan fingerprint density at radius 3 is 2.73 bits per heavy atom. The number of carbonyl (C=O) groups is 1. The minimum absolute atomic E-state index is 0.0253. The summed E-state index contributed by atoms with van der Waals surface area (Å²) in [4.78, 5) is 11.7. The highest BCUT2D eigenvalue weighted by molar-refractivity contribution is 5.76. The number of esters is 1. The summed E-state index contributed by atoms with van der Waals surface area (Å²) in [6.45, 7) is 4.59. The maximum Gasteiger partial charge on any atom is 0.306 e. The van der Waals surface area contributed by atoms with Crippen molar-refractivity contribution in [1.82, 2.24) is 0 Å². The Morgan fingerprint density at radius 2 is 1.95 bits per heavy atom. The highest BCUT2D eigenvalue weighted by Gasteiger charge is 2.28. The van der Waals surface area contributed by atoms with Crippen LogP contribution in [-0.4, -0.2) is 39.0 Å². The fourth-order valence-corrected chi connectivity index (χ4v) is 5.59. The number of aryl methyl sites for hydroxylation is 1. The molecule has 0 unspecified atom stereocenters. The van der Waals surface area contributed by atoms with Gasteiger partial charge < -0.3 is 23.7 Å². The van der Waals surface area contributed by atoms with Gasteiger partial charge in [0.1, 0.15) is 30.0 Å². The lowest BCUT2D eigenvalue weighted by atomic mass is 9.79. The minimum atomic E-state index is -0.225. The summed E-state index contributed by atoms with van der Waals surface area (Å²) in [5.41, 5.74) is 8.66. The van der Waals surface area contributed by atoms with Crippen LogP contribution in [0.15, 0.2) is 48.5 Å². The zero-order valence-electron chi connectivity index (χ0n) is 21.4. The van der Waals surface area contributed by atoms with Crippen molar-refractivity contribution in [3.8, 4) is 28.4 Å². The number of rotatable bonds is 8. The Morgan fingerprint density at radius 1 is 1.05 bits per heavy atom. The zero-order valence-corrected chi connectivity index (χ0v) is 21.4. The van der Waals surface area contributed by atoms with Gasteiger partial charge in [0, 0.05) is 24.0 Å². The summed E-state index contributed by atoms with van der Waals surface area (Å²) in [5, 5.41) is 0. The minimum Gasteiger partial charge on any atom is -0.492 e. The molecule has 2 heterocycles. The van der Waals surface area contributed by atoms with Gasteiger partial charge in [0.25, 0.3) is 0 Å². The zero-order chi connectivity index (χ0) is 25.4. The quantitative estimate of drug-likeness (QED) is 0.378. The van der Waals surface area contributed by atoms with Gasteiger partial charge in [-0.15, -0.1) is 0 Å². The second-order valence-electron chi connectivity index (χ2n) is 10.1. The Kier molecular flexibility index (Phi) is 6.51. The molecule has 6 heteroatoms. The van der Waals surface area contributed by atoms with Crippen molar-refractivity contribution in [3.05, 3.63) is 76.3 Å². The van der Waals surface area contributed by atoms with Crippen molar-refractivity contribution >= 4 is 5.97 Å². The molecule has 1 fully saturated rings. The maximum atomic E-state index is 11.7. The number of benzene rings is 3. The Bertz CT molecular complexity index is 1320. The van der Waals surface area contributed by atoms with Crippen LogP contribution >= 0.6 is 0 Å². The molecule has 6 rings (SSSR count). The van der Waals surface area contributed by atoms with Gasteiger partial charge in [-0.25, -0.2) is 0 Å². The van der Waals surface area contributed by atoms with Gasteiger partial charge in [0.15, 0.2) is 0 Å². The molecule has 1 aliphatic carbocycles. The van der Waals surface area contributed by atoms with E-state index in [1.165, 1.54) is 34.9 Å². The van der Waals surface area contributed by atoms with E-state index < -0.39 is 0 Å². The molecule has 2 atom stereocenters. The number of methoxy groups -OCH3 is 1. The molecule has 0 amide bonds. The smallest absolute Gasteiger partial charge is 0.306 e. The van der Waals surface area contributed by atoms with Gasteiger partial charge in [0.05, 0.1) is 33.4 Å². The van der Waals surface area contributed by atoms with Gasteiger partial charge in [-0.1, -0.05) is 24.3 Å². The van der Waals surface area contributed by atoms with E-state index in [4.69, 9.17) is 23.7 Å². The van der Waals surface area contributed by atoms with Crippen molar-refractivity contribution < 1.29 is 28.5 Å². The highest BCUT2D eigenvalue weighted by atomic mass is 16.5. The molecular formula is C31H32O6. The average Bonchev–Trinajstić information content (AvgIpc) is 3.54. The van der Waals surface area contributed by atoms with E-state index in [1.54, 1.807) is 0 Å². The van der Waals surface area contributed by atoms with E-state index in [-0.39, 0.29) is 18.0 Å². The number of fused-ring (bicyclic) bond motifs is 2. The molecule has 0 bridgehead atoms. The lowest BCUT2D eigenvalue weighted by Gasteiger charge is -2.29. The van der Waals surface area contributed by atoms with Crippen LogP contribution in [0.4, 0.5) is 0 Å². The molecule has 37 heavy (non-hydrogen) atoms. The first kappa shape index (κ1) is 23.9. The van der Waals surface area contributed by atoms with E-state index in [0.29, 0.717) is 26.2 Å². The number of hydrogen-bond acceptors (Lipinski definition) is 6. The van der Waals surface area contributed by atoms with Crippen molar-refractivity contribution in [2.45, 2.75) is 51.2 Å². The van der Waals surface area contributed by atoms with Gasteiger partial charge in [-0.2, -0.15) is 0 Å². The number of carbonyl (C=O) groups excluding carboxylic acids is 1. The first-order valence-corrected chi connectivity index (χ1v) is 13.0. The standard InChI is InChI=1S/C31H32O6/c1-19-12-29(37-24-10-11-34-18-24)26-8-9-27(26)31(19)21-5-3-4-20(13-21)16-35-23-6-7-25-22(14-30(32)33-2)17-36-28(25)15-23/h3-7,12-13,15,22,24H,8-11,14,16-18H2,1-2H3/t22-,24+/m1/s1. The maximum absolute atomic E-state index is 11.7. The second-order valence-corrected chi connectivity index (χ2v) is 10.1. The third-order valence-corrected chi connectivity index (χ3v) is 7.64. The predicted molar refractivity (Wildman–Crippen MR) is 140 cm³/mol. The normalized spacial score (nSPS) is 19.4. The van der Waals surface area contributed by atoms with E-state index in [0.717, 1.165) is 54.2 Å². The number of ether oxygens (including phenoxy) is 5. The molecule has 3 aliphatic rings. The molecule has 0 aromatic heterocycles. The van der Waals surface area contributed by atoms with Crippen molar-refractivity contribution in [2.24, 2.45) is 0 Å². The lowest BCUT2D eigenvalue weighted by Crippen LogP contribution is -2.20. The van der Waals surface area contributed by atoms with Crippen LogP contribution in [0, 0.1) is 6.92 Å². The largest absolute Gasteiger partial charge is 0.492 e. The van der Waals surface area contributed by atoms with E-state index in [9.17, 15) is 4.79 Å². The topological polar surface area (TPSA) is 63.2 Å². The first-order valence-electron chi connectivity index (χ1n) is 13.0. The van der Waals surface area contributed by atoms with Crippen molar-refractivity contribution in [1.29, 1.82) is 0 Å². The van der Waals surface area contributed by atoms with Gasteiger partial charge >= 0.3 is 5.97 Å². The van der Waals surface area contributed by atoms with Crippen molar-refractivity contribution in [3.63, 3.8) is 0 Å². The van der Waals surface area contributed by atoms with E-state index >= 15 is 0 Å². The second kappa shape index (κ2) is 10.1. The van der Waals surface area contributed by atoms with Crippen LogP contribution in [0.25, 0.3) is 11.1 Å². The molecule has 2 aliphatic heterocycles. The Labute approximate surface area is 217 Å². The van der Waals surface area contributed by atoms with Crippen LogP contribution < -0.4 is 14.2 Å². The van der Waals surface area contributed by atoms with Crippen molar-refractivity contribution in [2.75, 3.05) is 26.9 Å². The first-order chi connectivity index (χ1) is 18.1. The predicted octanol–water partition coefficient (Wildman–Crippen LogP) is 5.55. The SMILES string of the molecule is COC(=O)C[C@@H]1COc2cc(OCc3cccc(-c4c(C)cc(O[C@H]5CCOC5)c5c4CC5)c3)ccc21. The monoisotopic (exact) mass is 500 g/mol. The number of hydrogen-bond donors (Lipinski definition) is 0. The van der Waals surface area contributed by atoms with Crippen LogP contribution in [0.5, 0.6) is 17.2 Å². The van der Waals surface area contributed by atoms with Gasteiger partial charge in [-0.3, -0.25) is 4.79 Å². The van der Waals surface area contributed by atoms with Crippen LogP contribution in [-0.2, 0) is 33.7 Å². The van der Waals surface area contributed by atoms with Crippen LogP contribution in [0.2, 0.25) is 0 Å². The molecule has 3 aromatic rings. The van der Waals surface area contributed by atoms with E-state index in [2.05, 4.69) is 37.3 Å². The molecule has 0 spiro atoms. The summed E-state index contributed by atoms with van der Waals surface area (Å²) in [5.74, 6) is 2.36. The molecule has 6 nitrogen and oxygen atoms in total. The molecule has 192 valence electrons. The molecule has 1 saturated heterocycles. The van der Waals surface area contributed by atoms with Gasteiger partial charge in [0.2, 0.25) is 0 Å². The average molecular weight is 501 g/mol. The Balaban J connectivity index is 1.16. The summed E-state index contributed by atoms with van der Waals surface area (Å²) in [7, 11) is 1.41. The third-order valence-electron chi connectivity index (χ3n) is 7.64. The van der Waals surface area contributed by atoms with E-state index in [1.807, 2.05) is 18.2 Å². The van der Waals surface area contributed by atoms with Crippen LogP contribution in [0.1, 0.15) is 46.6 Å². The van der Waals surface area contributed by atoms with Gasteiger partial charge in [-0.05, 0) is 71.3 Å². The molecule has 0 saturated carbocycles. The summed E-state index contributed by atoms with van der Waals surface area (Å²) >= 11 is 0. The third kappa shape index (κ3) is 4.78. The highest BCUT2D eigenvalue weighted by Crippen LogP contribution is 2.43. The Hall–Kier alpha value is -3.51. The summed E-state index contributed by atoms with van der Waals surface area (Å²) in [6.07, 6.45) is 3.59. The summed E-state index contributed by atoms with van der Waals surface area (Å²) < 4.78 is 28.6. The molecule has 0 N–H and O–H groups in total. The lowest BCUT2D eigenvalue weighted by molar-refractivity contribution is -0.141. The summed E-state index contributed by atoms with van der Waals surface area (Å²) in [6, 6.07) is 16.7.